The highest BCUT2D eigenvalue weighted by Gasteiger charge is 2.43. The number of nitrogens with zero attached hydrogens (tertiary/aromatic N) is 4. The van der Waals surface area contributed by atoms with E-state index in [-0.39, 0.29) is 11.5 Å². The van der Waals surface area contributed by atoms with Crippen molar-refractivity contribution < 1.29 is 9.53 Å². The van der Waals surface area contributed by atoms with E-state index >= 15 is 0 Å². The zero-order valence-corrected chi connectivity index (χ0v) is 17.9. The number of likely N-dealkylation sites (tertiary alicyclic amines) is 1. The van der Waals surface area contributed by atoms with Crippen molar-refractivity contribution in [3.63, 3.8) is 0 Å². The molecule has 29 heavy (non-hydrogen) atoms. The fourth-order valence-electron chi connectivity index (χ4n) is 4.22. The molecule has 6 nitrogen and oxygen atoms in total. The second-order valence-electron chi connectivity index (χ2n) is 7.56. The Labute approximate surface area is 177 Å². The smallest absolute Gasteiger partial charge is 0.228 e. The molecule has 1 spiro atoms. The molecule has 0 atom stereocenters. The monoisotopic (exact) mass is 426 g/mol. The normalized spacial score (nSPS) is 18.0. The maximum absolute atomic E-state index is 12.7. The number of hydrogen-bond donors (Lipinski definition) is 0. The minimum absolute atomic E-state index is 0.160. The zero-order valence-electron chi connectivity index (χ0n) is 16.3. The number of carbonyl (C=O) groups excluding carboxylic acids is 1. The van der Waals surface area contributed by atoms with E-state index in [0.29, 0.717) is 6.42 Å². The first-order chi connectivity index (χ1) is 14.1. The van der Waals surface area contributed by atoms with E-state index < -0.39 is 0 Å². The Morgan fingerprint density at radius 1 is 1.31 bits per heavy atom. The highest BCUT2D eigenvalue weighted by Crippen LogP contribution is 2.47. The molecule has 0 bridgehead atoms. The molecule has 2 aliphatic heterocycles. The first kappa shape index (κ1) is 18.8. The third-order valence-corrected chi connectivity index (χ3v) is 7.92. The molecule has 2 aliphatic rings. The van der Waals surface area contributed by atoms with E-state index in [9.17, 15) is 4.79 Å². The summed E-state index contributed by atoms with van der Waals surface area (Å²) in [4.78, 5) is 30.2. The van der Waals surface area contributed by atoms with E-state index in [1.54, 1.807) is 35.1 Å². The Kier molecular flexibility index (Phi) is 4.93. The van der Waals surface area contributed by atoms with Crippen LogP contribution in [-0.2, 0) is 28.0 Å². The lowest BCUT2D eigenvalue weighted by molar-refractivity contribution is -0.139. The first-order valence-corrected chi connectivity index (χ1v) is 11.5. The van der Waals surface area contributed by atoms with Gasteiger partial charge in [-0.15, -0.1) is 22.7 Å². The van der Waals surface area contributed by atoms with E-state index in [1.165, 1.54) is 10.4 Å². The van der Waals surface area contributed by atoms with Crippen LogP contribution in [0.15, 0.2) is 30.0 Å². The number of piperidine rings is 1. The van der Waals surface area contributed by atoms with Crippen LogP contribution >= 0.6 is 22.7 Å². The van der Waals surface area contributed by atoms with E-state index in [1.807, 2.05) is 23.4 Å². The topological polar surface area (TPSA) is 68.2 Å². The minimum atomic E-state index is -0.271. The molecule has 5 rings (SSSR count). The highest BCUT2D eigenvalue weighted by molar-refractivity contribution is 7.15. The summed E-state index contributed by atoms with van der Waals surface area (Å²) in [5.74, 6) is 0.160. The number of fused-ring (bicyclic) bond motifs is 2. The Balaban J connectivity index is 1.32. The third kappa shape index (κ3) is 3.60. The van der Waals surface area contributed by atoms with E-state index in [2.05, 4.69) is 21.0 Å². The van der Waals surface area contributed by atoms with Gasteiger partial charge in [0.2, 0.25) is 5.91 Å². The molecular weight excluding hydrogens is 404 g/mol. The second kappa shape index (κ2) is 7.59. The molecular formula is C21H22N4O2S2. The summed E-state index contributed by atoms with van der Waals surface area (Å²) >= 11 is 3.36. The van der Waals surface area contributed by atoms with Crippen molar-refractivity contribution >= 4 is 28.6 Å². The Morgan fingerprint density at radius 3 is 2.90 bits per heavy atom. The third-order valence-electron chi connectivity index (χ3n) is 5.71. The zero-order chi connectivity index (χ0) is 19.8. The van der Waals surface area contributed by atoms with Gasteiger partial charge in [0.25, 0.3) is 0 Å². The number of hydrogen-bond acceptors (Lipinski definition) is 7. The van der Waals surface area contributed by atoms with Crippen molar-refractivity contribution in [1.82, 2.24) is 19.9 Å². The van der Waals surface area contributed by atoms with Crippen LogP contribution in [0.3, 0.4) is 0 Å². The molecule has 3 aromatic heterocycles. The standard InChI is InChI=1S/C21H22N4O2S2/c1-14-24-16(13-28-14)11-19(26)25-7-3-21(4-8-25)20-15(2-9-27-21)10-18(29-20)17-12-22-5-6-23-17/h5-6,10,12-13H,2-4,7-9,11H2,1H3. The second-order valence-corrected chi connectivity index (χ2v) is 9.68. The van der Waals surface area contributed by atoms with E-state index in [0.717, 1.165) is 60.2 Å². The number of aryl methyl sites for hydroxylation is 1. The van der Waals surface area contributed by atoms with Crippen LogP contribution in [0.25, 0.3) is 10.6 Å². The van der Waals surface area contributed by atoms with Gasteiger partial charge in [-0.1, -0.05) is 0 Å². The van der Waals surface area contributed by atoms with Crippen LogP contribution < -0.4 is 0 Å². The van der Waals surface area contributed by atoms with Crippen LogP contribution in [0, 0.1) is 6.92 Å². The van der Waals surface area contributed by atoms with Gasteiger partial charge >= 0.3 is 0 Å². The molecule has 0 aromatic carbocycles. The average molecular weight is 427 g/mol. The van der Waals surface area contributed by atoms with Crippen LogP contribution in [-0.4, -0.2) is 45.5 Å². The molecule has 0 N–H and O–H groups in total. The lowest BCUT2D eigenvalue weighted by atomic mass is 9.85. The summed E-state index contributed by atoms with van der Waals surface area (Å²) < 4.78 is 6.36. The lowest BCUT2D eigenvalue weighted by Gasteiger charge is -2.43. The predicted molar refractivity (Wildman–Crippen MR) is 113 cm³/mol. The van der Waals surface area contributed by atoms with Gasteiger partial charge < -0.3 is 9.64 Å². The number of ether oxygens (including phenoxy) is 1. The molecule has 0 unspecified atom stereocenters. The molecule has 1 amide bonds. The molecule has 3 aromatic rings. The number of amides is 1. The van der Waals surface area contributed by atoms with Gasteiger partial charge in [-0.25, -0.2) is 4.98 Å². The Morgan fingerprint density at radius 2 is 2.17 bits per heavy atom. The van der Waals surface area contributed by atoms with Crippen LogP contribution in [0.2, 0.25) is 0 Å². The fraction of sp³-hybridized carbons (Fsp3) is 0.429. The van der Waals surface area contributed by atoms with Gasteiger partial charge in [0, 0.05) is 35.7 Å². The minimum Gasteiger partial charge on any atom is -0.369 e. The van der Waals surface area contributed by atoms with Crippen LogP contribution in [0.5, 0.6) is 0 Å². The van der Waals surface area contributed by atoms with Gasteiger partial charge in [-0.3, -0.25) is 14.8 Å². The Hall–Kier alpha value is -2.16. The van der Waals surface area contributed by atoms with Gasteiger partial charge in [0.05, 0.1) is 40.5 Å². The summed E-state index contributed by atoms with van der Waals surface area (Å²) in [6.45, 7) is 4.15. The van der Waals surface area contributed by atoms with Crippen molar-refractivity contribution in [3.05, 3.63) is 51.2 Å². The summed E-state index contributed by atoms with van der Waals surface area (Å²) in [7, 11) is 0. The van der Waals surface area contributed by atoms with Crippen LogP contribution in [0.1, 0.15) is 34.0 Å². The van der Waals surface area contributed by atoms with Crippen molar-refractivity contribution in [2.24, 2.45) is 0 Å². The predicted octanol–water partition coefficient (Wildman–Crippen LogP) is 3.60. The lowest BCUT2D eigenvalue weighted by Crippen LogP contribution is -2.48. The molecule has 0 saturated carbocycles. The average Bonchev–Trinajstić information content (AvgIpc) is 3.36. The maximum atomic E-state index is 12.7. The molecule has 5 heterocycles. The Bertz CT molecular complexity index is 1020. The van der Waals surface area contributed by atoms with Gasteiger partial charge in [0.1, 0.15) is 5.60 Å². The molecule has 150 valence electrons. The largest absolute Gasteiger partial charge is 0.369 e. The highest BCUT2D eigenvalue weighted by atomic mass is 32.1. The summed E-state index contributed by atoms with van der Waals surface area (Å²) in [6.07, 6.45) is 8.23. The summed E-state index contributed by atoms with van der Waals surface area (Å²) in [6, 6.07) is 2.25. The quantitative estimate of drug-likeness (QED) is 0.640. The van der Waals surface area contributed by atoms with E-state index in [4.69, 9.17) is 4.74 Å². The number of thiazole rings is 1. The summed E-state index contributed by atoms with van der Waals surface area (Å²) in [5.41, 5.74) is 2.88. The number of rotatable bonds is 3. The van der Waals surface area contributed by atoms with Crippen molar-refractivity contribution in [2.45, 2.75) is 38.2 Å². The number of aromatic nitrogens is 3. The van der Waals surface area contributed by atoms with Crippen LogP contribution in [0.4, 0.5) is 0 Å². The fourth-order valence-corrected chi connectivity index (χ4v) is 6.20. The summed E-state index contributed by atoms with van der Waals surface area (Å²) in [5, 5.41) is 2.99. The molecule has 8 heteroatoms. The van der Waals surface area contributed by atoms with Crippen molar-refractivity contribution in [2.75, 3.05) is 19.7 Å². The number of carbonyl (C=O) groups is 1. The van der Waals surface area contributed by atoms with Crippen molar-refractivity contribution in [3.8, 4) is 10.6 Å². The maximum Gasteiger partial charge on any atom is 0.228 e. The molecule has 1 saturated heterocycles. The number of thiophene rings is 1. The van der Waals surface area contributed by atoms with Crippen molar-refractivity contribution in [1.29, 1.82) is 0 Å². The van der Waals surface area contributed by atoms with Gasteiger partial charge in [-0.05, 0) is 37.8 Å². The molecule has 0 radical (unpaired) electrons. The van der Waals surface area contributed by atoms with Gasteiger partial charge in [0.15, 0.2) is 0 Å². The molecule has 0 aliphatic carbocycles. The van der Waals surface area contributed by atoms with Gasteiger partial charge in [-0.2, -0.15) is 0 Å². The molecule has 1 fully saturated rings. The SMILES string of the molecule is Cc1nc(CC(=O)N2CCC3(CC2)OCCc2cc(-c4cnccn4)sc23)cs1. The first-order valence-electron chi connectivity index (χ1n) is 9.85.